The zero-order valence-electron chi connectivity index (χ0n) is 9.97. The first-order valence-electron chi connectivity index (χ1n) is 5.61. The van der Waals surface area contributed by atoms with E-state index in [9.17, 15) is 5.26 Å². The van der Waals surface area contributed by atoms with Gasteiger partial charge in [0.05, 0.1) is 23.3 Å². The van der Waals surface area contributed by atoms with Gasteiger partial charge in [0, 0.05) is 4.47 Å². The minimum atomic E-state index is 0.576. The number of halogens is 1. The molecular formula is C16H9BrN2. The molecule has 0 aliphatic carbocycles. The first-order chi connectivity index (χ1) is 9.22. The molecule has 0 saturated carbocycles. The van der Waals surface area contributed by atoms with Crippen molar-refractivity contribution < 1.29 is 0 Å². The molecule has 0 heterocycles. The summed E-state index contributed by atoms with van der Waals surface area (Å²) >= 11 is 3.37. The fourth-order valence-electron chi connectivity index (χ4n) is 1.63. The highest BCUT2D eigenvalue weighted by molar-refractivity contribution is 9.10. The van der Waals surface area contributed by atoms with Crippen LogP contribution in [0.3, 0.4) is 0 Å². The lowest BCUT2D eigenvalue weighted by Gasteiger charge is -2.00. The fraction of sp³-hybridized carbons (Fsp3) is 0. The summed E-state index contributed by atoms with van der Waals surface area (Å²) in [6.07, 6.45) is 1.83. The van der Waals surface area contributed by atoms with E-state index in [4.69, 9.17) is 5.26 Å². The number of benzene rings is 2. The standard InChI is InChI=1S/C16H9BrN2/c17-16-7-3-12(4-8-16)9-15(11-19)14-5-1-13(10-18)2-6-14/h1-9H/b15-9-. The second kappa shape index (κ2) is 6.00. The van der Waals surface area contributed by atoms with Crippen LogP contribution in [-0.4, -0.2) is 0 Å². The third kappa shape index (κ3) is 3.31. The van der Waals surface area contributed by atoms with Crippen molar-refractivity contribution >= 4 is 27.6 Å². The van der Waals surface area contributed by atoms with E-state index < -0.39 is 0 Å². The Morgan fingerprint density at radius 3 is 2.11 bits per heavy atom. The third-order valence-electron chi connectivity index (χ3n) is 2.63. The van der Waals surface area contributed by atoms with Crippen molar-refractivity contribution in [2.75, 3.05) is 0 Å². The highest BCUT2D eigenvalue weighted by Gasteiger charge is 2.01. The molecular weight excluding hydrogens is 300 g/mol. The zero-order chi connectivity index (χ0) is 13.7. The quantitative estimate of drug-likeness (QED) is 0.610. The van der Waals surface area contributed by atoms with Crippen LogP contribution in [0.15, 0.2) is 53.0 Å². The summed E-state index contributed by atoms with van der Waals surface area (Å²) in [5.41, 5.74) is 2.94. The van der Waals surface area contributed by atoms with Crippen LogP contribution in [0.25, 0.3) is 11.6 Å². The molecule has 0 aliphatic rings. The number of hydrogen-bond donors (Lipinski definition) is 0. The number of nitrogens with zero attached hydrogens (tertiary/aromatic N) is 2. The van der Waals surface area contributed by atoms with Gasteiger partial charge in [0.25, 0.3) is 0 Å². The molecule has 2 rings (SSSR count). The van der Waals surface area contributed by atoms with E-state index in [1.807, 2.05) is 30.3 Å². The maximum Gasteiger partial charge on any atom is 0.0998 e. The predicted octanol–water partition coefficient (Wildman–Crippen LogP) is 4.38. The molecule has 0 saturated heterocycles. The van der Waals surface area contributed by atoms with E-state index in [2.05, 4.69) is 28.1 Å². The fourth-order valence-corrected chi connectivity index (χ4v) is 1.89. The van der Waals surface area contributed by atoms with Gasteiger partial charge >= 0.3 is 0 Å². The van der Waals surface area contributed by atoms with Crippen molar-refractivity contribution in [3.8, 4) is 12.1 Å². The third-order valence-corrected chi connectivity index (χ3v) is 3.16. The van der Waals surface area contributed by atoms with Crippen LogP contribution in [-0.2, 0) is 0 Å². The van der Waals surface area contributed by atoms with E-state index in [1.54, 1.807) is 24.3 Å². The van der Waals surface area contributed by atoms with Gasteiger partial charge in [0.15, 0.2) is 0 Å². The van der Waals surface area contributed by atoms with E-state index in [0.29, 0.717) is 11.1 Å². The van der Waals surface area contributed by atoms with Gasteiger partial charge in [-0.3, -0.25) is 0 Å². The molecule has 0 spiro atoms. The molecule has 0 aromatic heterocycles. The van der Waals surface area contributed by atoms with Gasteiger partial charge in [-0.1, -0.05) is 40.2 Å². The van der Waals surface area contributed by atoms with Crippen LogP contribution in [0.5, 0.6) is 0 Å². The molecule has 0 radical (unpaired) electrons. The Balaban J connectivity index is 2.36. The molecule has 0 fully saturated rings. The zero-order valence-corrected chi connectivity index (χ0v) is 11.6. The van der Waals surface area contributed by atoms with Crippen LogP contribution in [0.1, 0.15) is 16.7 Å². The molecule has 0 bridgehead atoms. The van der Waals surface area contributed by atoms with Gasteiger partial charge in [-0.15, -0.1) is 0 Å². The van der Waals surface area contributed by atoms with Crippen LogP contribution in [0, 0.1) is 22.7 Å². The Hall–Kier alpha value is -2.36. The highest BCUT2D eigenvalue weighted by Crippen LogP contribution is 2.19. The van der Waals surface area contributed by atoms with Gasteiger partial charge in [-0.25, -0.2) is 0 Å². The Bertz CT molecular complexity index is 684. The van der Waals surface area contributed by atoms with E-state index in [-0.39, 0.29) is 0 Å². The smallest absolute Gasteiger partial charge is 0.0998 e. The first kappa shape index (κ1) is 13.1. The average Bonchev–Trinajstić information content (AvgIpc) is 2.47. The van der Waals surface area contributed by atoms with E-state index >= 15 is 0 Å². The summed E-state index contributed by atoms with van der Waals surface area (Å²) in [4.78, 5) is 0. The largest absolute Gasteiger partial charge is 0.192 e. The summed E-state index contributed by atoms with van der Waals surface area (Å²) in [5, 5.41) is 18.0. The lowest BCUT2D eigenvalue weighted by molar-refractivity contribution is 1.47. The Kier molecular flexibility index (Phi) is 4.13. The van der Waals surface area contributed by atoms with Crippen molar-refractivity contribution in [3.63, 3.8) is 0 Å². The minimum absolute atomic E-state index is 0.576. The maximum atomic E-state index is 9.23. The molecule has 0 N–H and O–H groups in total. The number of hydrogen-bond acceptors (Lipinski definition) is 2. The maximum absolute atomic E-state index is 9.23. The molecule has 2 nitrogen and oxygen atoms in total. The summed E-state index contributed by atoms with van der Waals surface area (Å²) in [6, 6.07) is 19.0. The number of rotatable bonds is 2. The lowest BCUT2D eigenvalue weighted by atomic mass is 10.0. The van der Waals surface area contributed by atoms with E-state index in [1.165, 1.54) is 0 Å². The highest BCUT2D eigenvalue weighted by atomic mass is 79.9. The topological polar surface area (TPSA) is 47.6 Å². The molecule has 2 aromatic carbocycles. The summed E-state index contributed by atoms with van der Waals surface area (Å²) in [5.74, 6) is 0. The van der Waals surface area contributed by atoms with Crippen molar-refractivity contribution in [1.82, 2.24) is 0 Å². The molecule has 90 valence electrons. The van der Waals surface area contributed by atoms with Crippen molar-refractivity contribution in [2.24, 2.45) is 0 Å². The summed E-state index contributed by atoms with van der Waals surface area (Å²) in [6.45, 7) is 0. The number of nitriles is 2. The molecule has 0 amide bonds. The lowest BCUT2D eigenvalue weighted by Crippen LogP contribution is -1.83. The van der Waals surface area contributed by atoms with Crippen LogP contribution >= 0.6 is 15.9 Å². The van der Waals surface area contributed by atoms with Crippen LogP contribution in [0.2, 0.25) is 0 Å². The molecule has 0 unspecified atom stereocenters. The second-order valence-electron chi connectivity index (χ2n) is 3.91. The van der Waals surface area contributed by atoms with Crippen LogP contribution < -0.4 is 0 Å². The van der Waals surface area contributed by atoms with Gasteiger partial charge in [-0.2, -0.15) is 10.5 Å². The van der Waals surface area contributed by atoms with Crippen molar-refractivity contribution in [1.29, 1.82) is 10.5 Å². The van der Waals surface area contributed by atoms with E-state index in [0.717, 1.165) is 15.6 Å². The molecule has 19 heavy (non-hydrogen) atoms. The second-order valence-corrected chi connectivity index (χ2v) is 4.83. The van der Waals surface area contributed by atoms with Gasteiger partial charge in [0.1, 0.15) is 0 Å². The Labute approximate surface area is 120 Å². The van der Waals surface area contributed by atoms with Crippen LogP contribution in [0.4, 0.5) is 0 Å². The average molecular weight is 309 g/mol. The normalized spacial score (nSPS) is 10.6. The van der Waals surface area contributed by atoms with Crippen molar-refractivity contribution in [3.05, 3.63) is 69.7 Å². The Morgan fingerprint density at radius 2 is 1.58 bits per heavy atom. The minimum Gasteiger partial charge on any atom is -0.192 e. The molecule has 0 aliphatic heterocycles. The molecule has 0 atom stereocenters. The monoisotopic (exact) mass is 308 g/mol. The van der Waals surface area contributed by atoms with Gasteiger partial charge in [-0.05, 0) is 41.5 Å². The Morgan fingerprint density at radius 1 is 0.947 bits per heavy atom. The SMILES string of the molecule is N#C/C(=C/c1ccc(Br)cc1)c1ccc(C#N)cc1. The number of allylic oxidation sites excluding steroid dienone is 1. The van der Waals surface area contributed by atoms with Crippen molar-refractivity contribution in [2.45, 2.75) is 0 Å². The van der Waals surface area contributed by atoms with Gasteiger partial charge < -0.3 is 0 Å². The first-order valence-corrected chi connectivity index (χ1v) is 6.40. The van der Waals surface area contributed by atoms with Gasteiger partial charge in [0.2, 0.25) is 0 Å². The molecule has 2 aromatic rings. The predicted molar refractivity (Wildman–Crippen MR) is 78.8 cm³/mol. The summed E-state index contributed by atoms with van der Waals surface area (Å²) < 4.78 is 1.00. The summed E-state index contributed by atoms with van der Waals surface area (Å²) in [7, 11) is 0. The molecule has 3 heteroatoms.